The van der Waals surface area contributed by atoms with Gasteiger partial charge in [0.15, 0.2) is 5.84 Å². The van der Waals surface area contributed by atoms with E-state index in [2.05, 4.69) is 155 Å². The molecule has 1 atom stereocenters. The Bertz CT molecular complexity index is 3390. The fraction of sp³-hybridized carbons (Fsp3) is 0.0196. The Morgan fingerprint density at radius 1 is 0.526 bits per heavy atom. The standard InChI is InChI=1S/C51H32N4OS/c1-3-13-31(14-4-1)49-52-50(32-15-5-2-6-16-32)54-51(53-49)40-20-11-19-38-37-27-25-33(29-44(37)56-48(38)40)34-26-28-39-46(30-34)57-45-24-12-23-43(47(39)45)55-41-21-9-7-17-35(41)36-18-8-10-22-42(36)55/h1-30,49H,(H,52,53,54). The van der Waals surface area contributed by atoms with Crippen LogP contribution in [-0.4, -0.2) is 16.2 Å². The molecule has 268 valence electrons. The van der Waals surface area contributed by atoms with E-state index in [0.29, 0.717) is 5.84 Å². The Morgan fingerprint density at radius 3 is 1.98 bits per heavy atom. The summed E-state index contributed by atoms with van der Waals surface area (Å²) in [4.78, 5) is 10.2. The molecule has 0 saturated heterocycles. The third-order valence-corrected chi connectivity index (χ3v) is 12.4. The Balaban J connectivity index is 0.968. The summed E-state index contributed by atoms with van der Waals surface area (Å²) in [5, 5.41) is 10.8. The first-order valence-corrected chi connectivity index (χ1v) is 20.0. The number of aromatic nitrogens is 1. The number of nitrogens with one attached hydrogen (secondary N) is 1. The van der Waals surface area contributed by atoms with Gasteiger partial charge in [-0.25, -0.2) is 9.98 Å². The fourth-order valence-corrected chi connectivity index (χ4v) is 9.79. The Labute approximate surface area is 331 Å². The SMILES string of the molecule is c1ccc(C2=NC(c3cccc4c3oc3cc(-c5ccc6c(c5)sc5cccc(-n7c8ccccc8c8ccccc87)c56)ccc34)=NC(c3ccccc3)N2)cc1. The van der Waals surface area contributed by atoms with E-state index in [1.807, 2.05) is 47.7 Å². The Kier molecular flexibility index (Phi) is 7.09. The predicted octanol–water partition coefficient (Wildman–Crippen LogP) is 13.2. The molecule has 1 unspecified atom stereocenters. The molecule has 0 saturated carbocycles. The minimum absolute atomic E-state index is 0.290. The summed E-state index contributed by atoms with van der Waals surface area (Å²) in [6.45, 7) is 0. The molecule has 0 bridgehead atoms. The zero-order valence-corrected chi connectivity index (χ0v) is 31.4. The number of furan rings is 1. The van der Waals surface area contributed by atoms with E-state index in [1.165, 1.54) is 47.7 Å². The van der Waals surface area contributed by atoms with Crippen molar-refractivity contribution in [2.24, 2.45) is 9.98 Å². The normalized spacial score (nSPS) is 14.5. The van der Waals surface area contributed by atoms with Crippen LogP contribution in [0.3, 0.4) is 0 Å². The summed E-state index contributed by atoms with van der Waals surface area (Å²) in [6, 6.07) is 64.4. The third-order valence-electron chi connectivity index (χ3n) is 11.3. The molecule has 4 heterocycles. The fourth-order valence-electron chi connectivity index (χ4n) is 8.63. The number of thiophene rings is 1. The van der Waals surface area contributed by atoms with Gasteiger partial charge in [0, 0.05) is 47.3 Å². The number of hydrogen-bond donors (Lipinski definition) is 1. The Morgan fingerprint density at radius 2 is 1.19 bits per heavy atom. The topological polar surface area (TPSA) is 54.8 Å². The van der Waals surface area contributed by atoms with Crippen LogP contribution >= 0.6 is 11.3 Å². The third kappa shape index (κ3) is 5.08. The van der Waals surface area contributed by atoms with Gasteiger partial charge in [0.05, 0.1) is 22.3 Å². The van der Waals surface area contributed by atoms with Gasteiger partial charge >= 0.3 is 0 Å². The van der Waals surface area contributed by atoms with Crippen LogP contribution in [-0.2, 0) is 0 Å². The molecule has 3 aromatic heterocycles. The lowest BCUT2D eigenvalue weighted by atomic mass is 10.0. The molecular formula is C51H32N4OS. The number of aliphatic imine (C=N–C) groups is 2. The highest BCUT2D eigenvalue weighted by Gasteiger charge is 2.24. The van der Waals surface area contributed by atoms with Crippen molar-refractivity contribution in [2.45, 2.75) is 6.17 Å². The minimum atomic E-state index is -0.290. The van der Waals surface area contributed by atoms with Gasteiger partial charge in [-0.3, -0.25) is 0 Å². The van der Waals surface area contributed by atoms with Gasteiger partial charge in [-0.05, 0) is 65.2 Å². The van der Waals surface area contributed by atoms with Gasteiger partial charge in [0.2, 0.25) is 0 Å². The minimum Gasteiger partial charge on any atom is -0.455 e. The monoisotopic (exact) mass is 748 g/mol. The van der Waals surface area contributed by atoms with Crippen LogP contribution in [0, 0.1) is 0 Å². The van der Waals surface area contributed by atoms with E-state index in [4.69, 9.17) is 14.4 Å². The lowest BCUT2D eigenvalue weighted by Crippen LogP contribution is -2.33. The average Bonchev–Trinajstić information content (AvgIpc) is 3.96. The quantitative estimate of drug-likeness (QED) is 0.191. The molecule has 12 rings (SSSR count). The van der Waals surface area contributed by atoms with Crippen molar-refractivity contribution < 1.29 is 4.42 Å². The van der Waals surface area contributed by atoms with Crippen LogP contribution in [0.5, 0.6) is 0 Å². The van der Waals surface area contributed by atoms with Gasteiger partial charge in [0.1, 0.15) is 23.2 Å². The van der Waals surface area contributed by atoms with Crippen LogP contribution in [0.4, 0.5) is 0 Å². The highest BCUT2D eigenvalue weighted by atomic mass is 32.1. The highest BCUT2D eigenvalue weighted by Crippen LogP contribution is 2.43. The van der Waals surface area contributed by atoms with Crippen LogP contribution < -0.4 is 5.32 Å². The maximum atomic E-state index is 6.77. The first-order valence-electron chi connectivity index (χ1n) is 19.2. The van der Waals surface area contributed by atoms with Crippen molar-refractivity contribution in [3.05, 3.63) is 199 Å². The molecule has 5 nitrogen and oxygen atoms in total. The van der Waals surface area contributed by atoms with Crippen molar-refractivity contribution >= 4 is 86.9 Å². The molecule has 1 aliphatic heterocycles. The van der Waals surface area contributed by atoms with Crippen LogP contribution in [0.2, 0.25) is 0 Å². The molecule has 1 N–H and O–H groups in total. The molecule has 0 radical (unpaired) electrons. The predicted molar refractivity (Wildman–Crippen MR) is 238 cm³/mol. The average molecular weight is 749 g/mol. The lowest BCUT2D eigenvalue weighted by molar-refractivity contribution is 0.663. The highest BCUT2D eigenvalue weighted by molar-refractivity contribution is 7.26. The summed E-state index contributed by atoms with van der Waals surface area (Å²) in [5.41, 5.74) is 10.5. The first-order chi connectivity index (χ1) is 28.2. The molecule has 57 heavy (non-hydrogen) atoms. The number of nitrogens with zero attached hydrogens (tertiary/aromatic N) is 3. The van der Waals surface area contributed by atoms with Crippen molar-refractivity contribution in [2.75, 3.05) is 0 Å². The second kappa shape index (κ2) is 12.6. The zero-order valence-electron chi connectivity index (χ0n) is 30.6. The smallest absolute Gasteiger partial charge is 0.163 e. The van der Waals surface area contributed by atoms with E-state index in [0.717, 1.165) is 55.6 Å². The number of benzene rings is 8. The lowest BCUT2D eigenvalue weighted by Gasteiger charge is -2.23. The summed E-state index contributed by atoms with van der Waals surface area (Å²) in [5.74, 6) is 1.42. The van der Waals surface area contributed by atoms with E-state index < -0.39 is 0 Å². The van der Waals surface area contributed by atoms with Gasteiger partial charge in [-0.1, -0.05) is 133 Å². The van der Waals surface area contributed by atoms with E-state index >= 15 is 0 Å². The molecule has 0 spiro atoms. The van der Waals surface area contributed by atoms with Crippen LogP contribution in [0.15, 0.2) is 196 Å². The summed E-state index contributed by atoms with van der Waals surface area (Å²) in [7, 11) is 0. The van der Waals surface area contributed by atoms with Gasteiger partial charge < -0.3 is 14.3 Å². The molecule has 6 heteroatoms. The largest absolute Gasteiger partial charge is 0.455 e. The van der Waals surface area contributed by atoms with E-state index in [9.17, 15) is 0 Å². The molecular weight excluding hydrogens is 717 g/mol. The summed E-state index contributed by atoms with van der Waals surface area (Å²) in [6.07, 6.45) is -0.290. The zero-order chi connectivity index (χ0) is 37.5. The number of rotatable bonds is 5. The van der Waals surface area contributed by atoms with Crippen LogP contribution in [0.25, 0.3) is 80.7 Å². The second-order valence-corrected chi connectivity index (χ2v) is 15.6. The maximum absolute atomic E-state index is 6.77. The Hall–Kier alpha value is -7.28. The number of para-hydroxylation sites is 3. The molecule has 0 aliphatic carbocycles. The van der Waals surface area contributed by atoms with Crippen molar-refractivity contribution in [3.8, 4) is 16.8 Å². The summed E-state index contributed by atoms with van der Waals surface area (Å²) < 4.78 is 11.7. The summed E-state index contributed by atoms with van der Waals surface area (Å²) >= 11 is 1.85. The maximum Gasteiger partial charge on any atom is 0.163 e. The van der Waals surface area contributed by atoms with Crippen LogP contribution in [0.1, 0.15) is 22.9 Å². The number of amidine groups is 2. The molecule has 0 amide bonds. The number of hydrogen-bond acceptors (Lipinski definition) is 5. The van der Waals surface area contributed by atoms with E-state index in [1.54, 1.807) is 0 Å². The van der Waals surface area contributed by atoms with E-state index in [-0.39, 0.29) is 6.17 Å². The molecule has 11 aromatic rings. The van der Waals surface area contributed by atoms with Gasteiger partial charge in [-0.2, -0.15) is 0 Å². The number of fused-ring (bicyclic) bond motifs is 9. The molecule has 0 fully saturated rings. The van der Waals surface area contributed by atoms with Crippen molar-refractivity contribution in [1.82, 2.24) is 9.88 Å². The van der Waals surface area contributed by atoms with Gasteiger partial charge in [-0.15, -0.1) is 11.3 Å². The van der Waals surface area contributed by atoms with Crippen molar-refractivity contribution in [1.29, 1.82) is 0 Å². The van der Waals surface area contributed by atoms with Gasteiger partial charge in [0.25, 0.3) is 0 Å². The molecule has 8 aromatic carbocycles. The molecule has 1 aliphatic rings. The first kappa shape index (κ1) is 32.0. The van der Waals surface area contributed by atoms with Crippen molar-refractivity contribution in [3.63, 3.8) is 0 Å². The second-order valence-electron chi connectivity index (χ2n) is 14.6.